The minimum atomic E-state index is -0.632. The van der Waals surface area contributed by atoms with Gasteiger partial charge in [0.1, 0.15) is 23.9 Å². The molecule has 10 nitrogen and oxygen atoms in total. The molecule has 2 aromatic carbocycles. The molecule has 0 aliphatic heterocycles. The fourth-order valence-electron chi connectivity index (χ4n) is 1.63. The molecule has 11 heteroatoms. The molecule has 0 saturated carbocycles. The second-order valence-electron chi connectivity index (χ2n) is 4.50. The number of benzene rings is 2. The van der Waals surface area contributed by atoms with Crippen molar-refractivity contribution in [3.05, 3.63) is 66.2 Å². The lowest BCUT2D eigenvalue weighted by Crippen LogP contribution is -1.98. The SMILES string of the molecule is Nc1c(Br)cc(C=O)cc1[N+](=O)[O-].Nc1ccc(C=O)cc1[N+](=O)[O-]. The van der Waals surface area contributed by atoms with Gasteiger partial charge in [0.2, 0.25) is 0 Å². The van der Waals surface area contributed by atoms with Gasteiger partial charge in [-0.3, -0.25) is 29.8 Å². The molecule has 0 aliphatic carbocycles. The Morgan fingerprint density at radius 3 is 1.88 bits per heavy atom. The van der Waals surface area contributed by atoms with Gasteiger partial charge in [0.15, 0.2) is 0 Å². The van der Waals surface area contributed by atoms with Crippen LogP contribution in [-0.4, -0.2) is 22.4 Å². The number of anilines is 2. The number of nitro groups is 2. The van der Waals surface area contributed by atoms with Gasteiger partial charge < -0.3 is 11.5 Å². The summed E-state index contributed by atoms with van der Waals surface area (Å²) >= 11 is 3.02. The first-order valence-electron chi connectivity index (χ1n) is 6.39. The number of rotatable bonds is 4. The summed E-state index contributed by atoms with van der Waals surface area (Å²) in [4.78, 5) is 40.1. The maximum atomic E-state index is 10.4. The quantitative estimate of drug-likeness (QED) is 0.334. The summed E-state index contributed by atoms with van der Waals surface area (Å²) < 4.78 is 0.351. The number of aldehydes is 2. The van der Waals surface area contributed by atoms with E-state index in [-0.39, 0.29) is 33.9 Å². The van der Waals surface area contributed by atoms with Crippen molar-refractivity contribution in [1.82, 2.24) is 0 Å². The van der Waals surface area contributed by atoms with E-state index in [2.05, 4.69) is 15.9 Å². The number of nitrogen functional groups attached to an aromatic ring is 2. The van der Waals surface area contributed by atoms with Crippen LogP contribution in [0.3, 0.4) is 0 Å². The number of nitrogens with two attached hydrogens (primary N) is 2. The number of carbonyl (C=O) groups excluding carboxylic acids is 2. The average Bonchev–Trinajstić information content (AvgIpc) is 2.57. The molecule has 0 spiro atoms. The molecule has 2 aromatic rings. The normalized spacial score (nSPS) is 9.48. The van der Waals surface area contributed by atoms with Gasteiger partial charge in [-0.2, -0.15) is 0 Å². The summed E-state index contributed by atoms with van der Waals surface area (Å²) in [5, 5.41) is 20.7. The van der Waals surface area contributed by atoms with E-state index in [0.29, 0.717) is 17.0 Å². The monoisotopic (exact) mass is 410 g/mol. The highest BCUT2D eigenvalue weighted by atomic mass is 79.9. The first-order chi connectivity index (χ1) is 11.7. The number of nitrogens with zero attached hydrogens (tertiary/aromatic N) is 2. The fourth-order valence-corrected chi connectivity index (χ4v) is 2.10. The van der Waals surface area contributed by atoms with Crippen LogP contribution in [-0.2, 0) is 0 Å². The van der Waals surface area contributed by atoms with Crippen molar-refractivity contribution in [3.63, 3.8) is 0 Å². The third-order valence-electron chi connectivity index (χ3n) is 2.85. The largest absolute Gasteiger partial charge is 0.393 e. The van der Waals surface area contributed by atoms with Crippen molar-refractivity contribution in [2.75, 3.05) is 11.5 Å². The maximum Gasteiger partial charge on any atom is 0.293 e. The molecule has 0 amide bonds. The Morgan fingerprint density at radius 1 is 0.880 bits per heavy atom. The molecule has 25 heavy (non-hydrogen) atoms. The Bertz CT molecular complexity index is 855. The lowest BCUT2D eigenvalue weighted by atomic mass is 10.2. The molecule has 0 radical (unpaired) electrons. The van der Waals surface area contributed by atoms with Gasteiger partial charge in [-0.15, -0.1) is 0 Å². The molecular formula is C14H11BrN4O6. The maximum absolute atomic E-state index is 10.4. The van der Waals surface area contributed by atoms with Gasteiger partial charge in [0.05, 0.1) is 9.85 Å². The molecule has 0 atom stereocenters. The molecule has 0 unspecified atom stereocenters. The van der Waals surface area contributed by atoms with Gasteiger partial charge in [-0.25, -0.2) is 0 Å². The Kier molecular flexibility index (Phi) is 6.70. The molecule has 0 aromatic heterocycles. The topological polar surface area (TPSA) is 172 Å². The average molecular weight is 411 g/mol. The van der Waals surface area contributed by atoms with Crippen LogP contribution in [0, 0.1) is 20.2 Å². The molecular weight excluding hydrogens is 400 g/mol. The standard InChI is InChI=1S/C7H5BrN2O3.C7H6N2O3/c8-5-1-4(3-11)2-6(7(5)9)10(12)13;8-6-2-1-5(4-10)3-7(6)9(11)12/h1-3H,9H2;1-4H,8H2. The van der Waals surface area contributed by atoms with Gasteiger partial charge in [-0.1, -0.05) is 0 Å². The summed E-state index contributed by atoms with van der Waals surface area (Å²) in [7, 11) is 0. The summed E-state index contributed by atoms with van der Waals surface area (Å²) in [6.45, 7) is 0. The van der Waals surface area contributed by atoms with E-state index in [0.717, 1.165) is 12.1 Å². The highest BCUT2D eigenvalue weighted by Crippen LogP contribution is 2.30. The molecule has 2 rings (SSSR count). The predicted octanol–water partition coefficient (Wildman–Crippen LogP) is 2.74. The highest BCUT2D eigenvalue weighted by molar-refractivity contribution is 9.10. The van der Waals surface area contributed by atoms with Crippen molar-refractivity contribution >= 4 is 51.3 Å². The zero-order valence-electron chi connectivity index (χ0n) is 12.4. The molecule has 0 bridgehead atoms. The van der Waals surface area contributed by atoms with Gasteiger partial charge >= 0.3 is 0 Å². The molecule has 0 saturated heterocycles. The molecule has 0 aliphatic rings. The Balaban J connectivity index is 0.000000251. The van der Waals surface area contributed by atoms with Crippen molar-refractivity contribution < 1.29 is 19.4 Å². The summed E-state index contributed by atoms with van der Waals surface area (Å²) in [5.74, 6) is 0. The van der Waals surface area contributed by atoms with Crippen LogP contribution in [0.15, 0.2) is 34.8 Å². The summed E-state index contributed by atoms with van der Waals surface area (Å²) in [6, 6.07) is 6.46. The first kappa shape index (κ1) is 19.7. The van der Waals surface area contributed by atoms with E-state index in [9.17, 15) is 29.8 Å². The van der Waals surface area contributed by atoms with Gasteiger partial charge in [0, 0.05) is 27.7 Å². The number of halogens is 1. The lowest BCUT2D eigenvalue weighted by molar-refractivity contribution is -0.384. The third-order valence-corrected chi connectivity index (χ3v) is 3.51. The zero-order valence-corrected chi connectivity index (χ0v) is 14.0. The van der Waals surface area contributed by atoms with Crippen molar-refractivity contribution in [1.29, 1.82) is 0 Å². The van der Waals surface area contributed by atoms with E-state index in [1.54, 1.807) is 0 Å². The molecule has 130 valence electrons. The van der Waals surface area contributed by atoms with E-state index in [1.165, 1.54) is 18.2 Å². The van der Waals surface area contributed by atoms with Crippen LogP contribution in [0.25, 0.3) is 0 Å². The third kappa shape index (κ3) is 5.07. The number of hydrogen-bond donors (Lipinski definition) is 2. The second kappa shape index (κ2) is 8.49. The second-order valence-corrected chi connectivity index (χ2v) is 5.36. The minimum absolute atomic E-state index is 0.0237. The molecule has 0 fully saturated rings. The Labute approximate surface area is 148 Å². The minimum Gasteiger partial charge on any atom is -0.393 e. The van der Waals surface area contributed by atoms with Gasteiger partial charge in [0.25, 0.3) is 11.4 Å². The smallest absolute Gasteiger partial charge is 0.293 e. The summed E-state index contributed by atoms with van der Waals surface area (Å²) in [6.07, 6.45) is 1.06. The van der Waals surface area contributed by atoms with Crippen LogP contribution in [0.5, 0.6) is 0 Å². The first-order valence-corrected chi connectivity index (χ1v) is 7.18. The highest BCUT2D eigenvalue weighted by Gasteiger charge is 2.15. The zero-order chi connectivity index (χ0) is 19.1. The van der Waals surface area contributed by atoms with Crippen LogP contribution in [0.2, 0.25) is 0 Å². The van der Waals surface area contributed by atoms with E-state index in [1.807, 2.05) is 0 Å². The lowest BCUT2D eigenvalue weighted by Gasteiger charge is -2.00. The molecule has 0 heterocycles. The van der Waals surface area contributed by atoms with Crippen LogP contribution < -0.4 is 11.5 Å². The predicted molar refractivity (Wildman–Crippen MR) is 93.5 cm³/mol. The van der Waals surface area contributed by atoms with Crippen LogP contribution in [0.4, 0.5) is 22.7 Å². The van der Waals surface area contributed by atoms with E-state index in [4.69, 9.17) is 11.5 Å². The Hall–Kier alpha value is -3.34. The van der Waals surface area contributed by atoms with E-state index < -0.39 is 9.85 Å². The van der Waals surface area contributed by atoms with Crippen molar-refractivity contribution in [2.24, 2.45) is 0 Å². The van der Waals surface area contributed by atoms with Crippen LogP contribution in [0.1, 0.15) is 20.7 Å². The van der Waals surface area contributed by atoms with E-state index >= 15 is 0 Å². The fraction of sp³-hybridized carbons (Fsp3) is 0. The Morgan fingerprint density at radius 2 is 1.40 bits per heavy atom. The summed E-state index contributed by atoms with van der Waals surface area (Å²) in [5.41, 5.74) is 10.7. The number of hydrogen-bond acceptors (Lipinski definition) is 8. The number of carbonyl (C=O) groups is 2. The number of nitro benzene ring substituents is 2. The van der Waals surface area contributed by atoms with Crippen molar-refractivity contribution in [3.8, 4) is 0 Å². The molecule has 4 N–H and O–H groups in total. The van der Waals surface area contributed by atoms with Crippen molar-refractivity contribution in [2.45, 2.75) is 0 Å². The van der Waals surface area contributed by atoms with Gasteiger partial charge in [-0.05, 0) is 34.1 Å². The van der Waals surface area contributed by atoms with Crippen LogP contribution >= 0.6 is 15.9 Å².